The molecule has 2 unspecified atom stereocenters. The number of rotatable bonds is 2. The number of hydrogen-bond acceptors (Lipinski definition) is 2. The number of amides is 1. The summed E-state index contributed by atoms with van der Waals surface area (Å²) in [5.74, 6) is -1.96. The molecule has 20 heavy (non-hydrogen) atoms. The summed E-state index contributed by atoms with van der Waals surface area (Å²) in [6, 6.07) is 2.53. The normalized spacial score (nSPS) is 22.9. The summed E-state index contributed by atoms with van der Waals surface area (Å²) in [5, 5.41) is 0. The van der Waals surface area contributed by atoms with Crippen molar-refractivity contribution in [3.8, 4) is 0 Å². The predicted octanol–water partition coefficient (Wildman–Crippen LogP) is 2.47. The molecule has 0 bridgehead atoms. The number of nitrogens with two attached hydrogens (primary N) is 1. The average Bonchev–Trinajstić information content (AvgIpc) is 2.43. The van der Waals surface area contributed by atoms with Crippen LogP contribution in [0.15, 0.2) is 12.1 Å². The lowest BCUT2D eigenvalue weighted by molar-refractivity contribution is 0.0639. The van der Waals surface area contributed by atoms with Gasteiger partial charge in [0, 0.05) is 19.1 Å². The molecular formula is C15H20F2N2O. The molecule has 2 N–H and O–H groups in total. The summed E-state index contributed by atoms with van der Waals surface area (Å²) in [6.45, 7) is 4.44. The Morgan fingerprint density at radius 3 is 2.80 bits per heavy atom. The van der Waals surface area contributed by atoms with Gasteiger partial charge in [-0.15, -0.1) is 0 Å². The largest absolute Gasteiger partial charge is 0.338 e. The van der Waals surface area contributed by atoms with E-state index in [9.17, 15) is 13.6 Å². The molecule has 1 saturated heterocycles. The topological polar surface area (TPSA) is 46.3 Å². The molecule has 1 fully saturated rings. The Bertz CT molecular complexity index is 519. The van der Waals surface area contributed by atoms with Crippen molar-refractivity contribution in [3.05, 3.63) is 34.9 Å². The Morgan fingerprint density at radius 1 is 1.45 bits per heavy atom. The maximum Gasteiger partial charge on any atom is 0.259 e. The van der Waals surface area contributed by atoms with Crippen LogP contribution in [-0.2, 0) is 0 Å². The summed E-state index contributed by atoms with van der Waals surface area (Å²) in [7, 11) is 0. The molecule has 0 aromatic heterocycles. The van der Waals surface area contributed by atoms with Crippen LogP contribution < -0.4 is 5.73 Å². The first-order chi connectivity index (χ1) is 9.45. The summed E-state index contributed by atoms with van der Waals surface area (Å²) in [4.78, 5) is 13.9. The molecule has 0 spiro atoms. The molecule has 5 heteroatoms. The third-order valence-corrected chi connectivity index (χ3v) is 4.10. The van der Waals surface area contributed by atoms with Crippen molar-refractivity contribution in [1.29, 1.82) is 0 Å². The maximum atomic E-state index is 14.0. The number of halogens is 2. The minimum atomic E-state index is -0.805. The van der Waals surface area contributed by atoms with Crippen molar-refractivity contribution in [2.45, 2.75) is 32.7 Å². The molecule has 1 aliphatic heterocycles. The number of benzene rings is 1. The molecule has 0 aliphatic carbocycles. The molecule has 2 rings (SSSR count). The van der Waals surface area contributed by atoms with Gasteiger partial charge in [0.1, 0.15) is 17.2 Å². The van der Waals surface area contributed by atoms with Gasteiger partial charge in [-0.25, -0.2) is 8.78 Å². The van der Waals surface area contributed by atoms with Crippen LogP contribution in [0.3, 0.4) is 0 Å². The van der Waals surface area contributed by atoms with Crippen LogP contribution in [0.25, 0.3) is 0 Å². The number of aryl methyl sites for hydroxylation is 1. The van der Waals surface area contributed by atoms with E-state index in [1.165, 1.54) is 17.9 Å². The molecule has 1 aliphatic rings. The Morgan fingerprint density at radius 2 is 2.15 bits per heavy atom. The van der Waals surface area contributed by atoms with Crippen molar-refractivity contribution in [3.63, 3.8) is 0 Å². The van der Waals surface area contributed by atoms with E-state index in [0.29, 0.717) is 19.5 Å². The quantitative estimate of drug-likeness (QED) is 0.905. The van der Waals surface area contributed by atoms with Gasteiger partial charge in [0.25, 0.3) is 5.91 Å². The van der Waals surface area contributed by atoms with Gasteiger partial charge in [-0.2, -0.15) is 0 Å². The smallest absolute Gasteiger partial charge is 0.259 e. The lowest BCUT2D eigenvalue weighted by Crippen LogP contribution is -2.49. The van der Waals surface area contributed by atoms with Crippen molar-refractivity contribution >= 4 is 5.91 Å². The van der Waals surface area contributed by atoms with E-state index in [0.717, 1.165) is 12.5 Å². The second-order valence-corrected chi connectivity index (χ2v) is 5.43. The first-order valence-corrected chi connectivity index (χ1v) is 6.95. The van der Waals surface area contributed by atoms with Crippen molar-refractivity contribution in [2.75, 3.05) is 13.1 Å². The lowest BCUT2D eigenvalue weighted by atomic mass is 9.90. The fourth-order valence-electron chi connectivity index (χ4n) is 2.68. The maximum absolute atomic E-state index is 14.0. The molecule has 1 amide bonds. The lowest BCUT2D eigenvalue weighted by Gasteiger charge is -2.36. The van der Waals surface area contributed by atoms with Gasteiger partial charge in [0.15, 0.2) is 0 Å². The predicted molar refractivity (Wildman–Crippen MR) is 73.4 cm³/mol. The minimum Gasteiger partial charge on any atom is -0.338 e. The highest BCUT2D eigenvalue weighted by Crippen LogP contribution is 2.23. The summed E-state index contributed by atoms with van der Waals surface area (Å²) in [6.07, 6.45) is 1.52. The van der Waals surface area contributed by atoms with E-state index in [1.807, 2.05) is 6.92 Å². The Labute approximate surface area is 117 Å². The zero-order valence-corrected chi connectivity index (χ0v) is 11.8. The van der Waals surface area contributed by atoms with E-state index in [-0.39, 0.29) is 17.5 Å². The Balaban J connectivity index is 2.26. The van der Waals surface area contributed by atoms with Crippen LogP contribution in [-0.4, -0.2) is 29.9 Å². The van der Waals surface area contributed by atoms with Gasteiger partial charge < -0.3 is 10.6 Å². The fourth-order valence-corrected chi connectivity index (χ4v) is 2.68. The van der Waals surface area contributed by atoms with Crippen LogP contribution in [0.1, 0.15) is 35.7 Å². The average molecular weight is 282 g/mol. The van der Waals surface area contributed by atoms with Gasteiger partial charge in [0.2, 0.25) is 0 Å². The number of hydrogen-bond donors (Lipinski definition) is 1. The van der Waals surface area contributed by atoms with Gasteiger partial charge in [-0.3, -0.25) is 4.79 Å². The minimum absolute atomic E-state index is 0.0521. The van der Waals surface area contributed by atoms with Gasteiger partial charge in [0.05, 0.1) is 0 Å². The highest BCUT2D eigenvalue weighted by Gasteiger charge is 2.31. The highest BCUT2D eigenvalue weighted by atomic mass is 19.1. The molecule has 0 radical (unpaired) electrons. The van der Waals surface area contributed by atoms with E-state index in [2.05, 4.69) is 0 Å². The molecule has 0 saturated carbocycles. The molecule has 1 aromatic rings. The van der Waals surface area contributed by atoms with Crippen LogP contribution in [0.4, 0.5) is 8.78 Å². The first-order valence-electron chi connectivity index (χ1n) is 6.95. The van der Waals surface area contributed by atoms with E-state index >= 15 is 0 Å². The van der Waals surface area contributed by atoms with E-state index in [1.54, 1.807) is 0 Å². The zero-order valence-electron chi connectivity index (χ0n) is 11.8. The van der Waals surface area contributed by atoms with Gasteiger partial charge >= 0.3 is 0 Å². The first kappa shape index (κ1) is 14.9. The van der Waals surface area contributed by atoms with E-state index in [4.69, 9.17) is 5.73 Å². The molecule has 3 nitrogen and oxygen atoms in total. The van der Waals surface area contributed by atoms with Gasteiger partial charge in [-0.1, -0.05) is 19.4 Å². The number of carbonyl (C=O) groups excluding carboxylic acids is 1. The zero-order chi connectivity index (χ0) is 14.9. The van der Waals surface area contributed by atoms with Gasteiger partial charge in [-0.05, 0) is 30.9 Å². The highest BCUT2D eigenvalue weighted by molar-refractivity contribution is 5.95. The van der Waals surface area contributed by atoms with Crippen molar-refractivity contribution in [2.24, 2.45) is 11.7 Å². The molecule has 1 heterocycles. The Kier molecular flexibility index (Phi) is 4.38. The second kappa shape index (κ2) is 5.87. The number of likely N-dealkylation sites (tertiary alicyclic amines) is 1. The molecular weight excluding hydrogens is 262 g/mol. The second-order valence-electron chi connectivity index (χ2n) is 5.43. The third-order valence-electron chi connectivity index (χ3n) is 4.10. The Hall–Kier alpha value is -1.49. The monoisotopic (exact) mass is 282 g/mol. The molecule has 2 atom stereocenters. The number of carbonyl (C=O) groups is 1. The van der Waals surface area contributed by atoms with Crippen molar-refractivity contribution < 1.29 is 13.6 Å². The molecule has 110 valence electrons. The summed E-state index contributed by atoms with van der Waals surface area (Å²) in [5.41, 5.74) is 5.81. The molecule has 1 aromatic carbocycles. The van der Waals surface area contributed by atoms with Crippen LogP contribution >= 0.6 is 0 Å². The van der Waals surface area contributed by atoms with Crippen LogP contribution in [0.5, 0.6) is 0 Å². The third kappa shape index (κ3) is 2.68. The fraction of sp³-hybridized carbons (Fsp3) is 0.533. The number of nitrogens with zero attached hydrogens (tertiary/aromatic N) is 1. The van der Waals surface area contributed by atoms with E-state index < -0.39 is 23.1 Å². The summed E-state index contributed by atoms with van der Waals surface area (Å²) < 4.78 is 27.8. The van der Waals surface area contributed by atoms with Crippen LogP contribution in [0.2, 0.25) is 0 Å². The number of piperidine rings is 1. The van der Waals surface area contributed by atoms with Crippen molar-refractivity contribution in [1.82, 2.24) is 4.90 Å². The SMILES string of the molecule is CCC1CN(C(=O)c2c(F)ccc(C)c2F)CCC1N. The summed E-state index contributed by atoms with van der Waals surface area (Å²) >= 11 is 0. The standard InChI is InChI=1S/C15H20F2N2O/c1-3-10-8-19(7-6-12(10)18)15(20)13-11(16)5-4-9(2)14(13)17/h4-5,10,12H,3,6-8,18H2,1-2H3. The van der Waals surface area contributed by atoms with Crippen LogP contribution in [0, 0.1) is 24.5 Å².